The molecule has 1 aliphatic heterocycles. The molecular weight excluding hydrogens is 448 g/mol. The number of hydrogen-bond donors (Lipinski definition) is 3. The van der Waals surface area contributed by atoms with Crippen LogP contribution in [0.4, 0.5) is 0 Å². The standard InChI is InChI=1S/C30H36N4O2/c31-19-16-28-30(36)34(22-27(23-10-4-1-5-11-23)24-12-6-2-7-13-24)21-18-26(33-28)17-20-32-29(35)25-14-8-3-9-15-25/h1-15,26-28,33H,16-22,31H2,(H,32,35)/t26-,28+/m1/s1. The third-order valence-electron chi connectivity index (χ3n) is 6.87. The van der Waals surface area contributed by atoms with Crippen molar-refractivity contribution < 1.29 is 9.59 Å². The molecule has 4 rings (SSSR count). The highest BCUT2D eigenvalue weighted by Gasteiger charge is 2.32. The maximum Gasteiger partial charge on any atom is 0.251 e. The topological polar surface area (TPSA) is 87.5 Å². The molecule has 0 spiro atoms. The molecular formula is C30H36N4O2. The third-order valence-corrected chi connectivity index (χ3v) is 6.87. The van der Waals surface area contributed by atoms with Gasteiger partial charge in [-0.05, 0) is 49.1 Å². The minimum absolute atomic E-state index is 0.0750. The third kappa shape index (κ3) is 6.80. The number of benzene rings is 3. The van der Waals surface area contributed by atoms with Crippen molar-refractivity contribution in [2.45, 2.75) is 37.3 Å². The quantitative estimate of drug-likeness (QED) is 0.411. The maximum atomic E-state index is 13.6. The number of nitrogens with two attached hydrogens (primary N) is 1. The number of amides is 2. The van der Waals surface area contributed by atoms with E-state index < -0.39 is 0 Å². The Bertz CT molecular complexity index is 1050. The molecule has 0 bridgehead atoms. The van der Waals surface area contributed by atoms with Crippen LogP contribution >= 0.6 is 0 Å². The Labute approximate surface area is 213 Å². The van der Waals surface area contributed by atoms with Gasteiger partial charge in [0.25, 0.3) is 5.91 Å². The molecule has 1 heterocycles. The van der Waals surface area contributed by atoms with Gasteiger partial charge in [-0.1, -0.05) is 78.9 Å². The predicted octanol–water partition coefficient (Wildman–Crippen LogP) is 3.55. The van der Waals surface area contributed by atoms with Gasteiger partial charge in [-0.3, -0.25) is 9.59 Å². The van der Waals surface area contributed by atoms with Crippen LogP contribution < -0.4 is 16.4 Å². The summed E-state index contributed by atoms with van der Waals surface area (Å²) in [6, 6.07) is 29.8. The molecule has 0 radical (unpaired) electrons. The van der Waals surface area contributed by atoms with Crippen LogP contribution in [-0.2, 0) is 4.79 Å². The Morgan fingerprint density at radius 3 is 2.08 bits per heavy atom. The fourth-order valence-electron chi connectivity index (χ4n) is 4.91. The highest BCUT2D eigenvalue weighted by molar-refractivity contribution is 5.94. The lowest BCUT2D eigenvalue weighted by Crippen LogP contribution is -2.48. The van der Waals surface area contributed by atoms with Crippen LogP contribution in [0.1, 0.15) is 46.7 Å². The van der Waals surface area contributed by atoms with E-state index in [2.05, 4.69) is 34.9 Å². The van der Waals surface area contributed by atoms with Gasteiger partial charge < -0.3 is 21.3 Å². The molecule has 0 unspecified atom stereocenters. The molecule has 3 aromatic carbocycles. The van der Waals surface area contributed by atoms with Crippen LogP contribution in [0, 0.1) is 0 Å². The van der Waals surface area contributed by atoms with Crippen LogP contribution in [0.2, 0.25) is 0 Å². The fraction of sp³-hybridized carbons (Fsp3) is 0.333. The van der Waals surface area contributed by atoms with Crippen LogP contribution in [0.3, 0.4) is 0 Å². The van der Waals surface area contributed by atoms with Crippen LogP contribution in [0.5, 0.6) is 0 Å². The Morgan fingerprint density at radius 1 is 0.917 bits per heavy atom. The normalized spacial score (nSPS) is 18.2. The summed E-state index contributed by atoms with van der Waals surface area (Å²) in [7, 11) is 0. The van der Waals surface area contributed by atoms with Gasteiger partial charge in [0.05, 0.1) is 6.04 Å². The monoisotopic (exact) mass is 484 g/mol. The van der Waals surface area contributed by atoms with Gasteiger partial charge >= 0.3 is 0 Å². The summed E-state index contributed by atoms with van der Waals surface area (Å²) in [6.45, 7) is 2.27. The number of carbonyl (C=O) groups excluding carboxylic acids is 2. The number of rotatable bonds is 10. The first-order valence-corrected chi connectivity index (χ1v) is 12.8. The molecule has 3 aromatic rings. The van der Waals surface area contributed by atoms with Crippen molar-refractivity contribution >= 4 is 11.8 Å². The zero-order valence-electron chi connectivity index (χ0n) is 20.7. The summed E-state index contributed by atoms with van der Waals surface area (Å²) >= 11 is 0. The first-order valence-electron chi connectivity index (χ1n) is 12.8. The minimum atomic E-state index is -0.320. The van der Waals surface area contributed by atoms with Crippen molar-refractivity contribution in [1.29, 1.82) is 0 Å². The summed E-state index contributed by atoms with van der Waals surface area (Å²) < 4.78 is 0. The summed E-state index contributed by atoms with van der Waals surface area (Å²) in [5, 5.41) is 6.55. The van der Waals surface area contributed by atoms with Gasteiger partial charge in [0, 0.05) is 37.2 Å². The Morgan fingerprint density at radius 2 is 1.50 bits per heavy atom. The lowest BCUT2D eigenvalue weighted by atomic mass is 9.90. The van der Waals surface area contributed by atoms with Crippen molar-refractivity contribution in [3.8, 4) is 0 Å². The van der Waals surface area contributed by atoms with E-state index in [-0.39, 0.29) is 29.8 Å². The average molecular weight is 485 g/mol. The van der Waals surface area contributed by atoms with Crippen LogP contribution in [-0.4, -0.2) is 55.0 Å². The van der Waals surface area contributed by atoms with Gasteiger partial charge in [0.2, 0.25) is 5.91 Å². The van der Waals surface area contributed by atoms with E-state index >= 15 is 0 Å². The number of carbonyl (C=O) groups is 2. The summed E-state index contributed by atoms with van der Waals surface area (Å²) in [4.78, 5) is 28.0. The average Bonchev–Trinajstić information content (AvgIpc) is 3.07. The minimum Gasteiger partial charge on any atom is -0.352 e. The molecule has 2 amide bonds. The summed E-state index contributed by atoms with van der Waals surface area (Å²) in [6.07, 6.45) is 2.16. The molecule has 6 heteroatoms. The van der Waals surface area contributed by atoms with E-state index in [4.69, 9.17) is 5.73 Å². The van der Waals surface area contributed by atoms with Gasteiger partial charge in [-0.2, -0.15) is 0 Å². The molecule has 1 fully saturated rings. The first kappa shape index (κ1) is 25.6. The zero-order chi connectivity index (χ0) is 25.2. The van der Waals surface area contributed by atoms with Gasteiger partial charge in [0.1, 0.15) is 0 Å². The van der Waals surface area contributed by atoms with Gasteiger partial charge in [-0.25, -0.2) is 0 Å². The molecule has 1 aliphatic rings. The van der Waals surface area contributed by atoms with E-state index in [0.29, 0.717) is 38.2 Å². The van der Waals surface area contributed by atoms with Gasteiger partial charge in [-0.15, -0.1) is 0 Å². The number of nitrogens with one attached hydrogen (secondary N) is 2. The SMILES string of the molecule is NCC[C@@H]1N[C@H](CCNC(=O)c2ccccc2)CCN(CC(c2ccccc2)c2ccccc2)C1=O. The molecule has 0 saturated carbocycles. The summed E-state index contributed by atoms with van der Waals surface area (Å²) in [5.74, 6) is 0.124. The molecule has 4 N–H and O–H groups in total. The molecule has 0 aromatic heterocycles. The highest BCUT2D eigenvalue weighted by Crippen LogP contribution is 2.27. The van der Waals surface area contributed by atoms with Crippen LogP contribution in [0.25, 0.3) is 0 Å². The Hall–Kier alpha value is -3.48. The number of hydrogen-bond acceptors (Lipinski definition) is 4. The molecule has 6 nitrogen and oxygen atoms in total. The van der Waals surface area contributed by atoms with E-state index in [1.807, 2.05) is 71.6 Å². The van der Waals surface area contributed by atoms with Crippen molar-refractivity contribution in [1.82, 2.24) is 15.5 Å². The Balaban J connectivity index is 1.43. The molecule has 0 aliphatic carbocycles. The lowest BCUT2D eigenvalue weighted by molar-refractivity contribution is -0.133. The smallest absolute Gasteiger partial charge is 0.251 e. The molecule has 2 atom stereocenters. The van der Waals surface area contributed by atoms with Gasteiger partial charge in [0.15, 0.2) is 0 Å². The lowest BCUT2D eigenvalue weighted by Gasteiger charge is -2.29. The second-order valence-corrected chi connectivity index (χ2v) is 9.35. The van der Waals surface area contributed by atoms with Crippen LogP contribution in [0.15, 0.2) is 91.0 Å². The van der Waals surface area contributed by atoms with Crippen molar-refractivity contribution in [3.63, 3.8) is 0 Å². The second kappa shape index (κ2) is 13.0. The number of nitrogens with zero attached hydrogens (tertiary/aromatic N) is 1. The largest absolute Gasteiger partial charge is 0.352 e. The molecule has 1 saturated heterocycles. The molecule has 188 valence electrons. The highest BCUT2D eigenvalue weighted by atomic mass is 16.2. The van der Waals surface area contributed by atoms with E-state index in [0.717, 1.165) is 12.8 Å². The van der Waals surface area contributed by atoms with E-state index in [1.165, 1.54) is 11.1 Å². The second-order valence-electron chi connectivity index (χ2n) is 9.35. The molecule has 36 heavy (non-hydrogen) atoms. The predicted molar refractivity (Wildman–Crippen MR) is 144 cm³/mol. The van der Waals surface area contributed by atoms with Crippen molar-refractivity contribution in [3.05, 3.63) is 108 Å². The van der Waals surface area contributed by atoms with E-state index in [9.17, 15) is 9.59 Å². The zero-order valence-corrected chi connectivity index (χ0v) is 20.7. The summed E-state index contributed by atoms with van der Waals surface area (Å²) in [5.41, 5.74) is 8.93. The maximum absolute atomic E-state index is 13.6. The van der Waals surface area contributed by atoms with Crippen molar-refractivity contribution in [2.24, 2.45) is 5.73 Å². The first-order chi connectivity index (χ1) is 17.7. The van der Waals surface area contributed by atoms with Crippen molar-refractivity contribution in [2.75, 3.05) is 26.2 Å². The fourth-order valence-corrected chi connectivity index (χ4v) is 4.91. The Kier molecular flexibility index (Phi) is 9.25. The van der Waals surface area contributed by atoms with E-state index in [1.54, 1.807) is 0 Å².